The monoisotopic (exact) mass is 205 g/mol. The van der Waals surface area contributed by atoms with Crippen LogP contribution in [0.5, 0.6) is 0 Å². The summed E-state index contributed by atoms with van der Waals surface area (Å²) in [5, 5.41) is 2.88. The molecule has 0 bridgehead atoms. The van der Waals surface area contributed by atoms with Gasteiger partial charge in [0.2, 0.25) is 0 Å². The maximum Gasteiger partial charge on any atom is 0.251 e. The molecule has 0 spiro atoms. The number of amides is 1. The van der Waals surface area contributed by atoms with Gasteiger partial charge in [-0.15, -0.1) is 0 Å². The molecule has 0 saturated heterocycles. The number of benzene rings is 1. The summed E-state index contributed by atoms with van der Waals surface area (Å²) in [4.78, 5) is 13.7. The molecule has 3 heteroatoms. The second kappa shape index (κ2) is 5.51. The van der Waals surface area contributed by atoms with E-state index >= 15 is 0 Å². The summed E-state index contributed by atoms with van der Waals surface area (Å²) < 4.78 is 0. The molecule has 0 fully saturated rings. The molecule has 15 heavy (non-hydrogen) atoms. The Balaban J connectivity index is 2.51. The zero-order valence-electron chi connectivity index (χ0n) is 9.50. The van der Waals surface area contributed by atoms with Gasteiger partial charge in [0.05, 0.1) is 0 Å². The van der Waals surface area contributed by atoms with E-state index in [2.05, 4.69) is 11.4 Å². The number of carbonyl (C=O) groups excluding carboxylic acids is 1. The number of hydrogen-bond acceptors (Lipinski definition) is 2. The van der Waals surface area contributed by atoms with Gasteiger partial charge in [-0.25, -0.2) is 0 Å². The Bertz CT molecular complexity index is 334. The number of nitrogens with one attached hydrogen (secondary N) is 1. The van der Waals surface area contributed by atoms with Crippen molar-refractivity contribution in [2.24, 2.45) is 0 Å². The molecule has 1 aromatic rings. The first-order valence-electron chi connectivity index (χ1n) is 5.01. The average molecular weight is 205 g/mol. The lowest BCUT2D eigenvalue weighted by atomic mass is 10.1. The molecule has 1 N–H and O–H groups in total. The van der Waals surface area contributed by atoms with Crippen LogP contribution in [-0.2, 0) is 0 Å². The van der Waals surface area contributed by atoms with Crippen molar-refractivity contribution in [2.45, 2.75) is 6.92 Å². The fourth-order valence-electron chi connectivity index (χ4n) is 1.26. The smallest absolute Gasteiger partial charge is 0.251 e. The summed E-state index contributed by atoms with van der Waals surface area (Å²) in [6.07, 6.45) is 0. The van der Waals surface area contributed by atoms with Crippen LogP contribution in [0.3, 0.4) is 0 Å². The van der Waals surface area contributed by atoms with Gasteiger partial charge in [0.25, 0.3) is 5.91 Å². The molecule has 0 aliphatic heterocycles. The highest BCUT2D eigenvalue weighted by Gasteiger charge is 2.06. The lowest BCUT2D eigenvalue weighted by Gasteiger charge is -2.11. The second-order valence-corrected chi connectivity index (χ2v) is 3.80. The number of rotatable bonds is 4. The summed E-state index contributed by atoms with van der Waals surface area (Å²) in [7, 11) is 3.96. The molecule has 0 aliphatic carbocycles. The first kappa shape index (κ1) is 11.7. The Morgan fingerprint density at radius 2 is 2.27 bits per heavy atom. The largest absolute Gasteiger partial charge is 0.351 e. The Morgan fingerprint density at radius 3 is 2.87 bits per heavy atom. The molecule has 0 saturated carbocycles. The zero-order valence-corrected chi connectivity index (χ0v) is 9.50. The zero-order chi connectivity index (χ0) is 11.3. The third kappa shape index (κ3) is 3.72. The highest BCUT2D eigenvalue weighted by molar-refractivity contribution is 5.95. The molecule has 0 unspecified atom stereocenters. The SMILES string of the molecule is Cc1c[c]ccc1C(=O)NCCN(C)C. The molecular formula is C12H17N2O. The van der Waals surface area contributed by atoms with Gasteiger partial charge in [0, 0.05) is 18.7 Å². The third-order valence-electron chi connectivity index (χ3n) is 2.16. The van der Waals surface area contributed by atoms with Crippen LogP contribution in [0.15, 0.2) is 18.2 Å². The van der Waals surface area contributed by atoms with Crippen molar-refractivity contribution in [1.82, 2.24) is 10.2 Å². The van der Waals surface area contributed by atoms with E-state index in [4.69, 9.17) is 0 Å². The summed E-state index contributed by atoms with van der Waals surface area (Å²) in [6, 6.07) is 8.31. The van der Waals surface area contributed by atoms with E-state index < -0.39 is 0 Å². The third-order valence-corrected chi connectivity index (χ3v) is 2.16. The van der Waals surface area contributed by atoms with Gasteiger partial charge in [0.1, 0.15) is 0 Å². The van der Waals surface area contributed by atoms with E-state index in [0.29, 0.717) is 6.54 Å². The molecule has 0 heterocycles. The maximum absolute atomic E-state index is 11.7. The average Bonchev–Trinajstić information content (AvgIpc) is 2.17. The van der Waals surface area contributed by atoms with Crippen molar-refractivity contribution in [2.75, 3.05) is 27.2 Å². The van der Waals surface area contributed by atoms with Gasteiger partial charge < -0.3 is 10.2 Å². The van der Waals surface area contributed by atoms with Crippen LogP contribution in [-0.4, -0.2) is 38.0 Å². The van der Waals surface area contributed by atoms with E-state index in [-0.39, 0.29) is 5.91 Å². The predicted molar refractivity (Wildman–Crippen MR) is 60.9 cm³/mol. The molecule has 0 aromatic heterocycles. The first-order chi connectivity index (χ1) is 7.11. The van der Waals surface area contributed by atoms with Crippen molar-refractivity contribution in [1.29, 1.82) is 0 Å². The maximum atomic E-state index is 11.7. The number of likely N-dealkylation sites (N-methyl/N-ethyl adjacent to an activating group) is 1. The fraction of sp³-hybridized carbons (Fsp3) is 0.417. The van der Waals surface area contributed by atoms with Gasteiger partial charge in [0.15, 0.2) is 0 Å². The standard InChI is InChI=1S/C12H17N2O/c1-10-6-4-5-7-11(10)12(15)13-8-9-14(2)3/h5-7H,8-9H2,1-3H3,(H,13,15). The lowest BCUT2D eigenvalue weighted by molar-refractivity contribution is 0.0950. The van der Waals surface area contributed by atoms with Crippen LogP contribution < -0.4 is 5.32 Å². The molecule has 0 aliphatic rings. The van der Waals surface area contributed by atoms with Gasteiger partial charge in [-0.3, -0.25) is 4.79 Å². The molecule has 1 aromatic carbocycles. The van der Waals surface area contributed by atoms with Gasteiger partial charge in [-0.1, -0.05) is 12.1 Å². The van der Waals surface area contributed by atoms with E-state index in [0.717, 1.165) is 17.7 Å². The summed E-state index contributed by atoms with van der Waals surface area (Å²) in [5.74, 6) is -0.0108. The van der Waals surface area contributed by atoms with Crippen LogP contribution in [0.25, 0.3) is 0 Å². The Hall–Kier alpha value is -1.35. The van der Waals surface area contributed by atoms with Crippen LogP contribution in [0.1, 0.15) is 15.9 Å². The van der Waals surface area contributed by atoms with E-state index in [1.54, 1.807) is 12.1 Å². The second-order valence-electron chi connectivity index (χ2n) is 3.80. The molecule has 3 nitrogen and oxygen atoms in total. The molecule has 1 radical (unpaired) electrons. The Labute approximate surface area is 91.1 Å². The molecule has 1 rings (SSSR count). The van der Waals surface area contributed by atoms with Crippen LogP contribution in [0, 0.1) is 13.0 Å². The van der Waals surface area contributed by atoms with Gasteiger partial charge >= 0.3 is 0 Å². The van der Waals surface area contributed by atoms with Crippen molar-refractivity contribution >= 4 is 5.91 Å². The number of carbonyl (C=O) groups is 1. The van der Waals surface area contributed by atoms with Crippen molar-refractivity contribution in [3.63, 3.8) is 0 Å². The molecule has 0 atom stereocenters. The topological polar surface area (TPSA) is 32.3 Å². The van der Waals surface area contributed by atoms with Crippen molar-refractivity contribution in [3.8, 4) is 0 Å². The van der Waals surface area contributed by atoms with E-state index in [9.17, 15) is 4.79 Å². The van der Waals surface area contributed by atoms with Crippen LogP contribution in [0.4, 0.5) is 0 Å². The molecule has 81 valence electrons. The summed E-state index contributed by atoms with van der Waals surface area (Å²) in [5.41, 5.74) is 1.69. The minimum Gasteiger partial charge on any atom is -0.351 e. The highest BCUT2D eigenvalue weighted by atomic mass is 16.1. The highest BCUT2D eigenvalue weighted by Crippen LogP contribution is 2.05. The number of aryl methyl sites for hydroxylation is 1. The van der Waals surface area contributed by atoms with Crippen LogP contribution >= 0.6 is 0 Å². The number of nitrogens with zero attached hydrogens (tertiary/aromatic N) is 1. The van der Waals surface area contributed by atoms with Gasteiger partial charge in [-0.05, 0) is 38.7 Å². The Kier molecular flexibility index (Phi) is 4.31. The molecular weight excluding hydrogens is 188 g/mol. The van der Waals surface area contributed by atoms with Crippen LogP contribution in [0.2, 0.25) is 0 Å². The van der Waals surface area contributed by atoms with Crippen molar-refractivity contribution < 1.29 is 4.79 Å². The van der Waals surface area contributed by atoms with E-state index in [1.807, 2.05) is 32.0 Å². The Morgan fingerprint density at radius 1 is 1.53 bits per heavy atom. The van der Waals surface area contributed by atoms with Gasteiger partial charge in [-0.2, -0.15) is 0 Å². The van der Waals surface area contributed by atoms with Crippen molar-refractivity contribution in [3.05, 3.63) is 35.4 Å². The fourth-order valence-corrected chi connectivity index (χ4v) is 1.26. The van der Waals surface area contributed by atoms with E-state index in [1.165, 1.54) is 0 Å². The number of hydrogen-bond donors (Lipinski definition) is 1. The minimum atomic E-state index is -0.0108. The lowest BCUT2D eigenvalue weighted by Crippen LogP contribution is -2.31. The first-order valence-corrected chi connectivity index (χ1v) is 5.01. The summed E-state index contributed by atoms with van der Waals surface area (Å²) in [6.45, 7) is 3.44. The predicted octanol–water partition coefficient (Wildman–Crippen LogP) is 1.09. The summed E-state index contributed by atoms with van der Waals surface area (Å²) >= 11 is 0. The normalized spacial score (nSPS) is 10.4. The minimum absolute atomic E-state index is 0.0108. The molecule has 1 amide bonds. The quantitative estimate of drug-likeness (QED) is 0.798.